The van der Waals surface area contributed by atoms with Crippen LogP contribution in [0.5, 0.6) is 5.75 Å². The van der Waals surface area contributed by atoms with Crippen LogP contribution in [0.15, 0.2) is 30.5 Å². The Labute approximate surface area is 198 Å². The number of nitrogens with zero attached hydrogens (tertiary/aromatic N) is 5. The summed E-state index contributed by atoms with van der Waals surface area (Å²) in [6, 6.07) is 5.99. The van der Waals surface area contributed by atoms with E-state index in [-0.39, 0.29) is 38.0 Å². The zero-order valence-corrected chi connectivity index (χ0v) is 20.2. The standard InChI is InChI=1S/C21H29N5O7S/c1-16(27)33-10-8-25-14-18(22-23-25)13-24-9-11-34(29,30)26(20(15-24)21(28)32-3)12-17-4-6-19(31-2)7-5-17/h4-7,14,20H,8-13,15H2,1-3H3. The summed E-state index contributed by atoms with van der Waals surface area (Å²) in [5.41, 5.74) is 1.33. The summed E-state index contributed by atoms with van der Waals surface area (Å²) in [5.74, 6) is -0.510. The van der Waals surface area contributed by atoms with E-state index in [4.69, 9.17) is 14.2 Å². The Hall–Kier alpha value is -3.03. The lowest BCUT2D eigenvalue weighted by Gasteiger charge is -2.28. The Bertz CT molecular complexity index is 1090. The summed E-state index contributed by atoms with van der Waals surface area (Å²) in [6.07, 6.45) is 1.70. The first-order valence-electron chi connectivity index (χ1n) is 10.7. The number of hydrogen-bond acceptors (Lipinski definition) is 10. The summed E-state index contributed by atoms with van der Waals surface area (Å²) in [6.45, 7) is 2.54. The Morgan fingerprint density at radius 1 is 1.15 bits per heavy atom. The van der Waals surface area contributed by atoms with E-state index >= 15 is 0 Å². The van der Waals surface area contributed by atoms with Gasteiger partial charge in [-0.2, -0.15) is 4.31 Å². The fourth-order valence-corrected chi connectivity index (χ4v) is 5.22. The number of carbonyl (C=O) groups excluding carboxylic acids is 2. The second-order valence-electron chi connectivity index (χ2n) is 7.80. The highest BCUT2D eigenvalue weighted by Gasteiger charge is 2.40. The maximum Gasteiger partial charge on any atom is 0.325 e. The largest absolute Gasteiger partial charge is 0.497 e. The van der Waals surface area contributed by atoms with Gasteiger partial charge in [-0.1, -0.05) is 17.3 Å². The van der Waals surface area contributed by atoms with Crippen molar-refractivity contribution < 1.29 is 32.2 Å². The molecule has 0 amide bonds. The van der Waals surface area contributed by atoms with Gasteiger partial charge >= 0.3 is 11.9 Å². The van der Waals surface area contributed by atoms with Gasteiger partial charge in [0, 0.05) is 39.3 Å². The third-order valence-electron chi connectivity index (χ3n) is 5.37. The van der Waals surface area contributed by atoms with Gasteiger partial charge in [0.15, 0.2) is 0 Å². The van der Waals surface area contributed by atoms with Crippen LogP contribution in [0.4, 0.5) is 0 Å². The molecule has 0 spiro atoms. The van der Waals surface area contributed by atoms with E-state index in [0.717, 1.165) is 5.56 Å². The van der Waals surface area contributed by atoms with E-state index in [1.807, 2.05) is 4.90 Å². The van der Waals surface area contributed by atoms with Crippen molar-refractivity contribution >= 4 is 22.0 Å². The van der Waals surface area contributed by atoms with Crippen LogP contribution in [-0.2, 0) is 48.7 Å². The number of aromatic nitrogens is 3. The predicted molar refractivity (Wildman–Crippen MR) is 120 cm³/mol. The van der Waals surface area contributed by atoms with Crippen LogP contribution in [-0.4, -0.2) is 90.3 Å². The monoisotopic (exact) mass is 495 g/mol. The molecule has 1 unspecified atom stereocenters. The second-order valence-corrected chi connectivity index (χ2v) is 9.84. The zero-order valence-electron chi connectivity index (χ0n) is 19.4. The van der Waals surface area contributed by atoms with E-state index in [0.29, 0.717) is 24.5 Å². The van der Waals surface area contributed by atoms with E-state index in [2.05, 4.69) is 10.3 Å². The molecule has 0 saturated carbocycles. The fraction of sp³-hybridized carbons (Fsp3) is 0.524. The molecular weight excluding hydrogens is 466 g/mol. The van der Waals surface area contributed by atoms with E-state index in [1.165, 1.54) is 18.3 Å². The van der Waals surface area contributed by atoms with Crippen LogP contribution < -0.4 is 4.74 Å². The summed E-state index contributed by atoms with van der Waals surface area (Å²) in [5, 5.41) is 8.11. The van der Waals surface area contributed by atoms with Crippen molar-refractivity contribution in [1.82, 2.24) is 24.2 Å². The maximum atomic E-state index is 13.1. The summed E-state index contributed by atoms with van der Waals surface area (Å²) in [4.78, 5) is 25.4. The fourth-order valence-electron chi connectivity index (χ4n) is 3.61. The Morgan fingerprint density at radius 3 is 2.53 bits per heavy atom. The van der Waals surface area contributed by atoms with Crippen molar-refractivity contribution in [3.8, 4) is 5.75 Å². The van der Waals surface area contributed by atoms with Crippen molar-refractivity contribution in [2.45, 2.75) is 32.6 Å². The van der Waals surface area contributed by atoms with Crippen LogP contribution in [0.1, 0.15) is 18.2 Å². The smallest absolute Gasteiger partial charge is 0.325 e. The van der Waals surface area contributed by atoms with Gasteiger partial charge in [0.2, 0.25) is 10.0 Å². The van der Waals surface area contributed by atoms with Crippen LogP contribution in [0.2, 0.25) is 0 Å². The highest BCUT2D eigenvalue weighted by molar-refractivity contribution is 7.89. The van der Waals surface area contributed by atoms with Crippen molar-refractivity contribution in [2.75, 3.05) is 39.7 Å². The molecule has 1 aliphatic rings. The highest BCUT2D eigenvalue weighted by atomic mass is 32.2. The van der Waals surface area contributed by atoms with E-state index < -0.39 is 22.0 Å². The first-order valence-corrected chi connectivity index (χ1v) is 12.3. The number of esters is 2. The first-order chi connectivity index (χ1) is 16.2. The lowest BCUT2D eigenvalue weighted by Crippen LogP contribution is -2.48. The molecule has 1 saturated heterocycles. The van der Waals surface area contributed by atoms with Crippen LogP contribution in [0.3, 0.4) is 0 Å². The predicted octanol–water partition coefficient (Wildman–Crippen LogP) is 0.0390. The number of sulfonamides is 1. The van der Waals surface area contributed by atoms with Crippen molar-refractivity contribution in [3.63, 3.8) is 0 Å². The molecule has 1 aromatic carbocycles. The minimum Gasteiger partial charge on any atom is -0.497 e. The van der Waals surface area contributed by atoms with Crippen LogP contribution in [0.25, 0.3) is 0 Å². The average molecular weight is 496 g/mol. The summed E-state index contributed by atoms with van der Waals surface area (Å²) < 4.78 is 44.0. The molecule has 1 aliphatic heterocycles. The minimum absolute atomic E-state index is 0.0340. The SMILES string of the molecule is COC(=O)C1CN(Cc2cn(CCOC(C)=O)nn2)CCS(=O)(=O)N1Cc1ccc(OC)cc1. The molecule has 0 N–H and O–H groups in total. The Kier molecular flexibility index (Phi) is 8.58. The third-order valence-corrected chi connectivity index (χ3v) is 7.17. The molecule has 12 nitrogen and oxygen atoms in total. The normalized spacial score (nSPS) is 18.7. The van der Waals surface area contributed by atoms with Gasteiger partial charge in [0.1, 0.15) is 18.4 Å². The van der Waals surface area contributed by atoms with Crippen molar-refractivity contribution in [3.05, 3.63) is 41.7 Å². The molecule has 1 fully saturated rings. The Balaban J connectivity index is 1.75. The van der Waals surface area contributed by atoms with E-state index in [9.17, 15) is 18.0 Å². The van der Waals surface area contributed by atoms with Crippen LogP contribution in [0, 0.1) is 0 Å². The summed E-state index contributed by atoms with van der Waals surface area (Å²) in [7, 11) is -0.958. The zero-order chi connectivity index (χ0) is 24.7. The molecule has 2 aromatic rings. The van der Waals surface area contributed by atoms with Gasteiger partial charge in [0.05, 0.1) is 32.2 Å². The second kappa shape index (κ2) is 11.4. The van der Waals surface area contributed by atoms with Crippen molar-refractivity contribution in [1.29, 1.82) is 0 Å². The molecule has 34 heavy (non-hydrogen) atoms. The third kappa shape index (κ3) is 6.74. The molecule has 3 rings (SSSR count). The molecule has 1 aromatic heterocycles. The minimum atomic E-state index is -3.75. The van der Waals surface area contributed by atoms with Crippen molar-refractivity contribution in [2.24, 2.45) is 0 Å². The number of rotatable bonds is 9. The highest BCUT2D eigenvalue weighted by Crippen LogP contribution is 2.22. The maximum absolute atomic E-state index is 13.1. The molecular formula is C21H29N5O7S. The molecule has 0 bridgehead atoms. The topological polar surface area (TPSA) is 133 Å². The van der Waals surface area contributed by atoms with Gasteiger partial charge in [-0.25, -0.2) is 13.1 Å². The number of benzene rings is 1. The summed E-state index contributed by atoms with van der Waals surface area (Å²) >= 11 is 0. The number of methoxy groups -OCH3 is 2. The average Bonchev–Trinajstić information content (AvgIpc) is 3.21. The molecule has 186 valence electrons. The molecule has 0 radical (unpaired) electrons. The van der Waals surface area contributed by atoms with Gasteiger partial charge in [-0.05, 0) is 17.7 Å². The van der Waals surface area contributed by atoms with Crippen LogP contribution >= 0.6 is 0 Å². The lowest BCUT2D eigenvalue weighted by molar-refractivity contribution is -0.146. The Morgan fingerprint density at radius 2 is 1.88 bits per heavy atom. The van der Waals surface area contributed by atoms with Gasteiger partial charge < -0.3 is 14.2 Å². The molecule has 0 aliphatic carbocycles. The number of carbonyl (C=O) groups is 2. The lowest BCUT2D eigenvalue weighted by atomic mass is 10.2. The number of ether oxygens (including phenoxy) is 3. The van der Waals surface area contributed by atoms with Gasteiger partial charge in [0.25, 0.3) is 0 Å². The first kappa shape index (κ1) is 25.6. The van der Waals surface area contributed by atoms with Gasteiger partial charge in [-0.3, -0.25) is 14.5 Å². The quantitative estimate of drug-likeness (QED) is 0.439. The number of hydrogen-bond donors (Lipinski definition) is 0. The molecule has 13 heteroatoms. The van der Waals surface area contributed by atoms with E-state index in [1.54, 1.807) is 42.3 Å². The molecule has 1 atom stereocenters. The molecule has 2 heterocycles. The van der Waals surface area contributed by atoms with Gasteiger partial charge in [-0.15, -0.1) is 5.10 Å².